The van der Waals surface area contributed by atoms with Crippen molar-refractivity contribution >= 4 is 33.2 Å². The van der Waals surface area contributed by atoms with E-state index in [-0.39, 0.29) is 5.91 Å². The average molecular weight is 393 g/mol. The fourth-order valence-electron chi connectivity index (χ4n) is 3.19. The van der Waals surface area contributed by atoms with Crippen LogP contribution in [-0.2, 0) is 23.0 Å². The van der Waals surface area contributed by atoms with Gasteiger partial charge in [0, 0.05) is 30.2 Å². The van der Waals surface area contributed by atoms with Crippen molar-refractivity contribution in [2.75, 3.05) is 23.7 Å². The summed E-state index contributed by atoms with van der Waals surface area (Å²) in [5.41, 5.74) is 3.01. The molecule has 0 saturated heterocycles. The van der Waals surface area contributed by atoms with Crippen LogP contribution in [-0.4, -0.2) is 38.6 Å². The predicted octanol–water partition coefficient (Wildman–Crippen LogP) is 3.32. The molecule has 1 amide bonds. The standard InChI is InChI=1S/C19H21ClN2O3S/c1-3-21(13-16-6-4-5-7-17(16)20)19(23)15-8-9-18-14(12-15)10-11-22(18)26(2,24)25/h4-9,12H,3,10-11,13H2,1-2H3. The van der Waals surface area contributed by atoms with Crippen molar-refractivity contribution in [3.8, 4) is 0 Å². The average Bonchev–Trinajstić information content (AvgIpc) is 3.04. The summed E-state index contributed by atoms with van der Waals surface area (Å²) in [5.74, 6) is -0.0898. The summed E-state index contributed by atoms with van der Waals surface area (Å²) in [6.45, 7) is 3.33. The minimum Gasteiger partial charge on any atom is -0.335 e. The van der Waals surface area contributed by atoms with E-state index in [4.69, 9.17) is 11.6 Å². The van der Waals surface area contributed by atoms with Crippen LogP contribution in [0.3, 0.4) is 0 Å². The number of anilines is 1. The van der Waals surface area contributed by atoms with Gasteiger partial charge in [-0.1, -0.05) is 29.8 Å². The normalized spacial score (nSPS) is 13.6. The number of nitrogens with zero attached hydrogens (tertiary/aromatic N) is 2. The Bertz CT molecular complexity index is 944. The molecule has 0 fully saturated rings. The second-order valence-corrected chi connectivity index (χ2v) is 8.65. The Morgan fingerprint density at radius 2 is 1.96 bits per heavy atom. The Morgan fingerprint density at radius 1 is 1.23 bits per heavy atom. The van der Waals surface area contributed by atoms with Gasteiger partial charge in [0.05, 0.1) is 11.9 Å². The molecule has 7 heteroatoms. The van der Waals surface area contributed by atoms with Crippen LogP contribution in [0.25, 0.3) is 0 Å². The highest BCUT2D eigenvalue weighted by molar-refractivity contribution is 7.92. The SMILES string of the molecule is CCN(Cc1ccccc1Cl)C(=O)c1ccc2c(c1)CCN2S(C)(=O)=O. The van der Waals surface area contributed by atoms with Gasteiger partial charge in [0.25, 0.3) is 5.91 Å². The molecule has 0 aliphatic carbocycles. The van der Waals surface area contributed by atoms with Gasteiger partial charge in [0.1, 0.15) is 0 Å². The molecule has 0 bridgehead atoms. The molecule has 1 heterocycles. The van der Waals surface area contributed by atoms with Crippen molar-refractivity contribution in [2.24, 2.45) is 0 Å². The summed E-state index contributed by atoms with van der Waals surface area (Å²) in [6.07, 6.45) is 1.81. The van der Waals surface area contributed by atoms with Gasteiger partial charge in [0.2, 0.25) is 10.0 Å². The lowest BCUT2D eigenvalue weighted by atomic mass is 10.1. The van der Waals surface area contributed by atoms with Crippen molar-refractivity contribution < 1.29 is 13.2 Å². The van der Waals surface area contributed by atoms with E-state index in [0.29, 0.717) is 42.3 Å². The predicted molar refractivity (Wildman–Crippen MR) is 104 cm³/mol. The second-order valence-electron chi connectivity index (χ2n) is 6.34. The largest absolute Gasteiger partial charge is 0.335 e. The molecule has 3 rings (SSSR count). The molecule has 138 valence electrons. The zero-order valence-electron chi connectivity index (χ0n) is 14.8. The Hall–Kier alpha value is -2.05. The van der Waals surface area contributed by atoms with Crippen molar-refractivity contribution in [2.45, 2.75) is 19.9 Å². The molecule has 0 saturated carbocycles. The molecule has 0 atom stereocenters. The number of rotatable bonds is 5. The third kappa shape index (κ3) is 3.71. The minimum absolute atomic E-state index is 0.0898. The number of benzene rings is 2. The number of halogens is 1. The molecule has 0 spiro atoms. The second kappa shape index (κ2) is 7.29. The lowest BCUT2D eigenvalue weighted by Crippen LogP contribution is -2.30. The smallest absolute Gasteiger partial charge is 0.254 e. The molecule has 26 heavy (non-hydrogen) atoms. The van der Waals surface area contributed by atoms with E-state index in [2.05, 4.69) is 0 Å². The number of amides is 1. The van der Waals surface area contributed by atoms with Gasteiger partial charge in [0.15, 0.2) is 0 Å². The third-order valence-electron chi connectivity index (χ3n) is 4.57. The summed E-state index contributed by atoms with van der Waals surface area (Å²) < 4.78 is 25.1. The van der Waals surface area contributed by atoms with Gasteiger partial charge >= 0.3 is 0 Å². The van der Waals surface area contributed by atoms with Crippen LogP contribution in [0, 0.1) is 0 Å². The quantitative estimate of drug-likeness (QED) is 0.784. The maximum atomic E-state index is 12.9. The monoisotopic (exact) mass is 392 g/mol. The number of fused-ring (bicyclic) bond motifs is 1. The first kappa shape index (κ1) is 18.7. The number of carbonyl (C=O) groups excluding carboxylic acids is 1. The van der Waals surface area contributed by atoms with Crippen LogP contribution >= 0.6 is 11.6 Å². The van der Waals surface area contributed by atoms with Crippen LogP contribution in [0.15, 0.2) is 42.5 Å². The molecule has 0 N–H and O–H groups in total. The number of sulfonamides is 1. The molecule has 0 aromatic heterocycles. The van der Waals surface area contributed by atoms with Crippen LogP contribution in [0.2, 0.25) is 5.02 Å². The fourth-order valence-corrected chi connectivity index (χ4v) is 4.34. The topological polar surface area (TPSA) is 57.7 Å². The maximum Gasteiger partial charge on any atom is 0.254 e. The molecule has 0 radical (unpaired) electrons. The van der Waals surface area contributed by atoms with E-state index in [0.717, 1.165) is 11.1 Å². The molecule has 2 aromatic rings. The third-order valence-corrected chi connectivity index (χ3v) is 6.12. The van der Waals surface area contributed by atoms with Crippen molar-refractivity contribution in [1.29, 1.82) is 0 Å². The van der Waals surface area contributed by atoms with Gasteiger partial charge in [-0.05, 0) is 48.7 Å². The number of hydrogen-bond donors (Lipinski definition) is 0. The summed E-state index contributed by atoms with van der Waals surface area (Å²) in [6, 6.07) is 12.7. The van der Waals surface area contributed by atoms with Crippen LogP contribution < -0.4 is 4.31 Å². The summed E-state index contributed by atoms with van der Waals surface area (Å²) in [5, 5.41) is 0.636. The van der Waals surface area contributed by atoms with E-state index in [9.17, 15) is 13.2 Å². The molecule has 2 aromatic carbocycles. The Balaban J connectivity index is 1.85. The Morgan fingerprint density at radius 3 is 2.62 bits per heavy atom. The maximum absolute atomic E-state index is 12.9. The molecule has 1 aliphatic rings. The molecule has 5 nitrogen and oxygen atoms in total. The first-order chi connectivity index (χ1) is 12.3. The van der Waals surface area contributed by atoms with E-state index in [1.165, 1.54) is 10.6 Å². The lowest BCUT2D eigenvalue weighted by Gasteiger charge is -2.22. The van der Waals surface area contributed by atoms with Crippen LogP contribution in [0.1, 0.15) is 28.4 Å². The fraction of sp³-hybridized carbons (Fsp3) is 0.316. The number of hydrogen-bond acceptors (Lipinski definition) is 3. The molecular formula is C19H21ClN2O3S. The van der Waals surface area contributed by atoms with E-state index in [1.807, 2.05) is 31.2 Å². The van der Waals surface area contributed by atoms with Gasteiger partial charge in [-0.15, -0.1) is 0 Å². The molecule has 0 unspecified atom stereocenters. The highest BCUT2D eigenvalue weighted by atomic mass is 35.5. The highest BCUT2D eigenvalue weighted by Crippen LogP contribution is 2.31. The highest BCUT2D eigenvalue weighted by Gasteiger charge is 2.27. The van der Waals surface area contributed by atoms with Gasteiger partial charge < -0.3 is 4.90 Å². The Kier molecular flexibility index (Phi) is 5.25. The number of carbonyl (C=O) groups is 1. The first-order valence-corrected chi connectivity index (χ1v) is 10.7. The summed E-state index contributed by atoms with van der Waals surface area (Å²) in [4.78, 5) is 14.6. The first-order valence-electron chi connectivity index (χ1n) is 8.44. The van der Waals surface area contributed by atoms with Crippen LogP contribution in [0.5, 0.6) is 0 Å². The summed E-state index contributed by atoms with van der Waals surface area (Å²) >= 11 is 6.21. The zero-order chi connectivity index (χ0) is 18.9. The Labute approximate surface area is 159 Å². The lowest BCUT2D eigenvalue weighted by molar-refractivity contribution is 0.0752. The zero-order valence-corrected chi connectivity index (χ0v) is 16.3. The van der Waals surface area contributed by atoms with E-state index >= 15 is 0 Å². The minimum atomic E-state index is -3.29. The van der Waals surface area contributed by atoms with Gasteiger partial charge in [-0.3, -0.25) is 9.10 Å². The van der Waals surface area contributed by atoms with Crippen molar-refractivity contribution in [3.63, 3.8) is 0 Å². The molecule has 1 aliphatic heterocycles. The van der Waals surface area contributed by atoms with Crippen LogP contribution in [0.4, 0.5) is 5.69 Å². The van der Waals surface area contributed by atoms with Gasteiger partial charge in [-0.2, -0.15) is 0 Å². The van der Waals surface area contributed by atoms with E-state index < -0.39 is 10.0 Å². The van der Waals surface area contributed by atoms with Gasteiger partial charge in [-0.25, -0.2) is 8.42 Å². The van der Waals surface area contributed by atoms with Crippen molar-refractivity contribution in [3.05, 3.63) is 64.2 Å². The summed E-state index contributed by atoms with van der Waals surface area (Å²) in [7, 11) is -3.29. The van der Waals surface area contributed by atoms with E-state index in [1.54, 1.807) is 23.1 Å². The van der Waals surface area contributed by atoms with Crippen molar-refractivity contribution in [1.82, 2.24) is 4.90 Å². The molecular weight excluding hydrogens is 372 g/mol.